The van der Waals surface area contributed by atoms with E-state index in [0.717, 1.165) is 25.7 Å². The Morgan fingerprint density at radius 1 is 1.24 bits per heavy atom. The van der Waals surface area contributed by atoms with Gasteiger partial charge in [-0.25, -0.2) is 4.98 Å². The van der Waals surface area contributed by atoms with Crippen LogP contribution < -0.4 is 9.64 Å². The number of carbonyl (C=O) groups is 2. The number of carboxylic acids is 1. The third-order valence-corrected chi connectivity index (χ3v) is 6.77. The molecule has 1 aliphatic carbocycles. The van der Waals surface area contributed by atoms with E-state index < -0.39 is 18.5 Å². The van der Waals surface area contributed by atoms with Crippen molar-refractivity contribution in [2.75, 3.05) is 18.1 Å². The molecule has 1 saturated heterocycles. The average Bonchev–Trinajstić information content (AvgIpc) is 3.49. The van der Waals surface area contributed by atoms with Gasteiger partial charge in [0.2, 0.25) is 5.91 Å². The van der Waals surface area contributed by atoms with Gasteiger partial charge in [0.1, 0.15) is 5.75 Å². The monoisotopic (exact) mass is 480 g/mol. The fourth-order valence-corrected chi connectivity index (χ4v) is 5.08. The first kappa shape index (κ1) is 23.6. The summed E-state index contributed by atoms with van der Waals surface area (Å²) in [5, 5.41) is 11.7. The number of aliphatic carboxylic acids is 1. The molecule has 1 atom stereocenters. The van der Waals surface area contributed by atoms with Crippen molar-refractivity contribution in [1.82, 2.24) is 4.98 Å². The summed E-state index contributed by atoms with van der Waals surface area (Å²) < 4.78 is 35.0. The number of rotatable bonds is 10. The van der Waals surface area contributed by atoms with Crippen molar-refractivity contribution in [3.63, 3.8) is 0 Å². The molecule has 2 aromatic rings. The van der Waals surface area contributed by atoms with Crippen molar-refractivity contribution < 1.29 is 33.0 Å². The largest absolute Gasteiger partial charge is 0.481 e. The second kappa shape index (κ2) is 10.6. The van der Waals surface area contributed by atoms with Crippen molar-refractivity contribution >= 4 is 28.3 Å². The number of amides is 1. The first-order chi connectivity index (χ1) is 15.9. The molecule has 1 aromatic heterocycles. The summed E-state index contributed by atoms with van der Waals surface area (Å²) in [6, 6.07) is 6.27. The second-order valence-electron chi connectivity index (χ2n) is 8.45. The highest BCUT2D eigenvalue weighted by Crippen LogP contribution is 2.38. The van der Waals surface area contributed by atoms with Crippen molar-refractivity contribution in [2.45, 2.75) is 51.2 Å². The van der Waals surface area contributed by atoms with Crippen LogP contribution in [0.4, 0.5) is 13.9 Å². The number of hydrogen-bond donors (Lipinski definition) is 1. The Morgan fingerprint density at radius 3 is 2.67 bits per heavy atom. The van der Waals surface area contributed by atoms with Gasteiger partial charge in [-0.1, -0.05) is 12.1 Å². The fraction of sp³-hybridized carbons (Fsp3) is 0.522. The molecule has 2 heterocycles. The van der Waals surface area contributed by atoms with Gasteiger partial charge in [0.15, 0.2) is 5.13 Å². The van der Waals surface area contributed by atoms with E-state index in [-0.39, 0.29) is 30.0 Å². The van der Waals surface area contributed by atoms with Gasteiger partial charge in [-0.05, 0) is 50.2 Å². The minimum atomic E-state index is -2.92. The zero-order valence-corrected chi connectivity index (χ0v) is 18.8. The molecule has 1 aromatic carbocycles. The molecule has 1 N–H and O–H groups in total. The number of benzene rings is 1. The molecule has 0 spiro atoms. The number of hydrogen-bond acceptors (Lipinski definition) is 6. The zero-order chi connectivity index (χ0) is 23.4. The molecule has 33 heavy (non-hydrogen) atoms. The van der Waals surface area contributed by atoms with Crippen LogP contribution in [0.2, 0.25) is 0 Å². The molecule has 178 valence electrons. The maximum absolute atomic E-state index is 13.6. The Kier molecular flexibility index (Phi) is 7.54. The predicted molar refractivity (Wildman–Crippen MR) is 119 cm³/mol. The van der Waals surface area contributed by atoms with E-state index in [1.165, 1.54) is 23.5 Å². The third kappa shape index (κ3) is 6.26. The van der Waals surface area contributed by atoms with E-state index in [2.05, 4.69) is 9.72 Å². The van der Waals surface area contributed by atoms with E-state index in [0.29, 0.717) is 36.0 Å². The summed E-state index contributed by atoms with van der Waals surface area (Å²) in [6.45, 7) is -1.65. The second-order valence-corrected chi connectivity index (χ2v) is 9.28. The molecule has 2 aliphatic rings. The number of nitrogens with zero attached hydrogens (tertiary/aromatic N) is 2. The van der Waals surface area contributed by atoms with Crippen LogP contribution in [-0.4, -0.2) is 47.8 Å². The molecule has 10 heteroatoms. The van der Waals surface area contributed by atoms with E-state index in [9.17, 15) is 23.5 Å². The Hall–Kier alpha value is -2.59. The Labute approximate surface area is 194 Å². The number of thiazole rings is 1. The van der Waals surface area contributed by atoms with Gasteiger partial charge >= 0.3 is 12.6 Å². The van der Waals surface area contributed by atoms with Gasteiger partial charge in [-0.15, -0.1) is 11.3 Å². The lowest BCUT2D eigenvalue weighted by molar-refractivity contribution is -0.141. The number of ether oxygens (including phenoxy) is 2. The lowest BCUT2D eigenvalue weighted by Crippen LogP contribution is -2.40. The highest BCUT2D eigenvalue weighted by molar-refractivity contribution is 7.14. The SMILES string of the molecule is O=C(O)C[C@@H](CC1CCOCC1)C(=O)N(c1nc(-c2cccc(OC(F)F)c2)cs1)C1CC1. The quantitative estimate of drug-likeness (QED) is 0.525. The number of anilines is 1. The Morgan fingerprint density at radius 2 is 2.00 bits per heavy atom. The summed E-state index contributed by atoms with van der Waals surface area (Å²) in [5.74, 6) is -1.53. The summed E-state index contributed by atoms with van der Waals surface area (Å²) in [5.41, 5.74) is 1.15. The van der Waals surface area contributed by atoms with Crippen LogP contribution in [0.15, 0.2) is 29.6 Å². The lowest BCUT2D eigenvalue weighted by Gasteiger charge is -2.29. The smallest absolute Gasteiger partial charge is 0.387 e. The fourth-order valence-electron chi connectivity index (χ4n) is 4.17. The first-order valence-corrected chi connectivity index (χ1v) is 11.9. The van der Waals surface area contributed by atoms with Gasteiger partial charge in [-0.3, -0.25) is 14.5 Å². The number of alkyl halides is 2. The van der Waals surface area contributed by atoms with Crippen molar-refractivity contribution in [1.29, 1.82) is 0 Å². The lowest BCUT2D eigenvalue weighted by atomic mass is 9.86. The Balaban J connectivity index is 1.54. The van der Waals surface area contributed by atoms with Gasteiger partial charge in [0.05, 0.1) is 12.1 Å². The van der Waals surface area contributed by atoms with Crippen LogP contribution in [0.1, 0.15) is 38.5 Å². The first-order valence-electron chi connectivity index (χ1n) is 11.0. The van der Waals surface area contributed by atoms with Crippen molar-refractivity contribution in [3.05, 3.63) is 29.6 Å². The number of halogens is 2. The minimum Gasteiger partial charge on any atom is -0.481 e. The number of carbonyl (C=O) groups excluding carboxylic acids is 1. The summed E-state index contributed by atoms with van der Waals surface area (Å²) in [4.78, 5) is 31.3. The zero-order valence-electron chi connectivity index (χ0n) is 18.0. The molecule has 1 amide bonds. The van der Waals surface area contributed by atoms with Crippen molar-refractivity contribution in [3.8, 4) is 17.0 Å². The molecule has 2 fully saturated rings. The standard InChI is InChI=1S/C23H26F2N2O5S/c24-22(25)32-18-3-1-2-15(11-18)19-13-33-23(26-19)27(17-4-5-17)21(30)16(12-20(28)29)10-14-6-8-31-9-7-14/h1-3,11,13-14,16-17,22H,4-10,12H2,(H,28,29)/t16-/m1/s1. The van der Waals surface area contributed by atoms with Gasteiger partial charge in [0, 0.05) is 36.1 Å². The highest BCUT2D eigenvalue weighted by atomic mass is 32.1. The Bertz CT molecular complexity index is 975. The van der Waals surface area contributed by atoms with E-state index in [1.807, 2.05) is 0 Å². The molecule has 1 saturated carbocycles. The molecule has 0 unspecified atom stereocenters. The molecule has 0 bridgehead atoms. The highest BCUT2D eigenvalue weighted by Gasteiger charge is 2.40. The van der Waals surface area contributed by atoms with Gasteiger partial charge < -0.3 is 14.6 Å². The van der Waals surface area contributed by atoms with Gasteiger partial charge in [-0.2, -0.15) is 8.78 Å². The third-order valence-electron chi connectivity index (χ3n) is 5.93. The summed E-state index contributed by atoms with van der Waals surface area (Å²) in [7, 11) is 0. The average molecular weight is 481 g/mol. The molecule has 1 aliphatic heterocycles. The predicted octanol–water partition coefficient (Wildman–Crippen LogP) is 4.81. The maximum Gasteiger partial charge on any atom is 0.387 e. The van der Waals surface area contributed by atoms with Crippen LogP contribution in [-0.2, 0) is 14.3 Å². The van der Waals surface area contributed by atoms with Crippen LogP contribution >= 0.6 is 11.3 Å². The summed E-state index contributed by atoms with van der Waals surface area (Å²) in [6.07, 6.45) is 3.63. The maximum atomic E-state index is 13.6. The minimum absolute atomic E-state index is 0.0102. The van der Waals surface area contributed by atoms with Gasteiger partial charge in [0.25, 0.3) is 0 Å². The number of aromatic nitrogens is 1. The van der Waals surface area contributed by atoms with Crippen LogP contribution in [0.25, 0.3) is 11.3 Å². The molecular formula is C23H26F2N2O5S. The topological polar surface area (TPSA) is 89.0 Å². The molecule has 7 nitrogen and oxygen atoms in total. The van der Waals surface area contributed by atoms with E-state index in [1.54, 1.807) is 22.4 Å². The molecular weight excluding hydrogens is 454 g/mol. The van der Waals surface area contributed by atoms with Crippen LogP contribution in [0, 0.1) is 11.8 Å². The number of carboxylic acid groups (broad SMARTS) is 1. The molecule has 4 rings (SSSR count). The van der Waals surface area contributed by atoms with Crippen molar-refractivity contribution in [2.24, 2.45) is 11.8 Å². The van der Waals surface area contributed by atoms with Crippen LogP contribution in [0.3, 0.4) is 0 Å². The van der Waals surface area contributed by atoms with Crippen LogP contribution in [0.5, 0.6) is 5.75 Å². The van der Waals surface area contributed by atoms with E-state index >= 15 is 0 Å². The van der Waals surface area contributed by atoms with E-state index in [4.69, 9.17) is 4.74 Å². The molecule has 0 radical (unpaired) electrons. The summed E-state index contributed by atoms with van der Waals surface area (Å²) >= 11 is 1.29. The normalized spacial score (nSPS) is 17.7.